The highest BCUT2D eigenvalue weighted by atomic mass is 19.2. The molecule has 548 valence electrons. The van der Waals surface area contributed by atoms with Crippen LogP contribution in [0, 0.1) is 28.7 Å². The largest absolute Gasteiger partial charge is 0.494 e. The number of anilines is 2. The van der Waals surface area contributed by atoms with E-state index in [9.17, 15) is 75.4 Å². The Labute approximate surface area is 585 Å². The Morgan fingerprint density at radius 2 is 1.25 bits per heavy atom. The molecule has 5 atom stereocenters. The van der Waals surface area contributed by atoms with Crippen LogP contribution in [0.5, 0.6) is 11.5 Å². The zero-order valence-corrected chi connectivity index (χ0v) is 56.7. The Kier molecular flexibility index (Phi) is 30.1. The number of nitrogens with two attached hydrogens (primary N) is 2. The van der Waals surface area contributed by atoms with Crippen LogP contribution in [-0.2, 0) is 60.7 Å². The molecule has 1 saturated heterocycles. The Morgan fingerprint density at radius 1 is 0.637 bits per heavy atom. The molecule has 0 aliphatic carbocycles. The van der Waals surface area contributed by atoms with Crippen molar-refractivity contribution in [3.05, 3.63) is 155 Å². The number of hydrogen-bond acceptors (Lipinski definition) is 15. The SMILES string of the molecule is CC(C)(CCOC(C)(C)CCC(=O)N[C@@H](Cc1ccccc1)C(=O)N[C@@H](CCCNC(N)=O)C(=O)N[C@@H](Cc1ccccc1)C(=O)N1CCC[C@H]1C(=O)Oc1c(F)c(F)cc(F)c1F)NC(=O)CCCOc1ccc(NC(=O)[C@H](CC(=O)O)NC(=O)CNC(=O)c2cccc(NC(=N)N)c2)cc1. The molecule has 6 rings (SSSR count). The molecule has 0 radical (unpaired) electrons. The van der Waals surface area contributed by atoms with E-state index in [1.54, 1.807) is 80.6 Å². The van der Waals surface area contributed by atoms with Gasteiger partial charge in [0.05, 0.1) is 25.2 Å². The molecule has 32 heteroatoms. The molecule has 0 saturated carbocycles. The van der Waals surface area contributed by atoms with Gasteiger partial charge in [0.15, 0.2) is 17.6 Å². The van der Waals surface area contributed by atoms with Crippen molar-refractivity contribution < 1.29 is 89.6 Å². The number of nitrogens with zero attached hydrogens (tertiary/aromatic N) is 1. The van der Waals surface area contributed by atoms with E-state index in [1.165, 1.54) is 42.5 Å². The molecule has 0 bridgehead atoms. The van der Waals surface area contributed by atoms with Crippen LogP contribution in [0.1, 0.15) is 113 Å². The molecular formula is C70H85F4N13O15. The lowest BCUT2D eigenvalue weighted by Crippen LogP contribution is -2.58. The van der Waals surface area contributed by atoms with Gasteiger partial charge in [-0.3, -0.25) is 48.6 Å². The van der Waals surface area contributed by atoms with E-state index in [0.717, 1.165) is 4.90 Å². The van der Waals surface area contributed by atoms with E-state index >= 15 is 0 Å². The van der Waals surface area contributed by atoms with Crippen molar-refractivity contribution in [2.24, 2.45) is 11.5 Å². The molecule has 5 aromatic rings. The Bertz CT molecular complexity index is 3770. The summed E-state index contributed by atoms with van der Waals surface area (Å²) in [5, 5.41) is 40.2. The molecule has 1 fully saturated rings. The summed E-state index contributed by atoms with van der Waals surface area (Å²) < 4.78 is 74.3. The molecule has 102 heavy (non-hydrogen) atoms. The van der Waals surface area contributed by atoms with Gasteiger partial charge >= 0.3 is 18.0 Å². The molecule has 1 heterocycles. The molecule has 1 aliphatic rings. The minimum atomic E-state index is -1.97. The minimum Gasteiger partial charge on any atom is -0.494 e. The second-order valence-electron chi connectivity index (χ2n) is 25.2. The van der Waals surface area contributed by atoms with Crippen molar-refractivity contribution in [3.63, 3.8) is 0 Å². The summed E-state index contributed by atoms with van der Waals surface area (Å²) in [5.74, 6) is -17.7. The predicted molar refractivity (Wildman–Crippen MR) is 364 cm³/mol. The number of nitrogens with one attached hydrogen (secondary N) is 10. The number of aliphatic carboxylic acids is 1. The van der Waals surface area contributed by atoms with Crippen LogP contribution in [-0.4, -0.2) is 155 Å². The number of urea groups is 1. The Morgan fingerprint density at radius 3 is 1.88 bits per heavy atom. The van der Waals surface area contributed by atoms with E-state index < -0.39 is 143 Å². The summed E-state index contributed by atoms with van der Waals surface area (Å²) in [6.07, 6.45) is -0.158. The maximum Gasteiger partial charge on any atom is 0.334 e. The summed E-state index contributed by atoms with van der Waals surface area (Å²) in [5.41, 5.74) is 10.9. The number of carboxylic acids is 1. The second-order valence-corrected chi connectivity index (χ2v) is 25.2. The van der Waals surface area contributed by atoms with Crippen molar-refractivity contribution in [2.45, 2.75) is 146 Å². The number of rotatable bonds is 38. The van der Waals surface area contributed by atoms with Crippen LogP contribution in [0.2, 0.25) is 0 Å². The van der Waals surface area contributed by atoms with Gasteiger partial charge in [0, 0.05) is 73.9 Å². The lowest BCUT2D eigenvalue weighted by Gasteiger charge is -2.30. The molecule has 0 spiro atoms. The highest BCUT2D eigenvalue weighted by molar-refractivity contribution is 6.02. The lowest BCUT2D eigenvalue weighted by atomic mass is 9.99. The van der Waals surface area contributed by atoms with Crippen LogP contribution >= 0.6 is 0 Å². The van der Waals surface area contributed by atoms with Gasteiger partial charge in [0.25, 0.3) is 5.91 Å². The topological polar surface area (TPSA) is 423 Å². The molecule has 0 unspecified atom stereocenters. The van der Waals surface area contributed by atoms with Gasteiger partial charge in [-0.05, 0) is 126 Å². The molecular weight excluding hydrogens is 1340 g/mol. The van der Waals surface area contributed by atoms with Gasteiger partial charge in [0.2, 0.25) is 58.7 Å². The average molecular weight is 1420 g/mol. The number of carboxylic acid groups (broad SMARTS) is 1. The first kappa shape index (κ1) is 79.8. The van der Waals surface area contributed by atoms with E-state index in [2.05, 4.69) is 47.9 Å². The average Bonchev–Trinajstić information content (AvgIpc) is 1.44. The highest BCUT2D eigenvalue weighted by Gasteiger charge is 2.41. The van der Waals surface area contributed by atoms with Crippen LogP contribution in [0.4, 0.5) is 33.7 Å². The van der Waals surface area contributed by atoms with Gasteiger partial charge < -0.3 is 83.5 Å². The number of carbonyl (C=O) groups excluding carboxylic acids is 10. The summed E-state index contributed by atoms with van der Waals surface area (Å²) >= 11 is 0. The van der Waals surface area contributed by atoms with E-state index in [4.69, 9.17) is 31.1 Å². The van der Waals surface area contributed by atoms with Crippen LogP contribution < -0.4 is 68.8 Å². The third-order valence-electron chi connectivity index (χ3n) is 15.9. The number of benzene rings is 5. The fourth-order valence-corrected chi connectivity index (χ4v) is 10.6. The quantitative estimate of drug-likeness (QED) is 0.00476. The molecule has 28 nitrogen and oxygen atoms in total. The number of likely N-dealkylation sites (tertiary alicyclic amines) is 1. The maximum absolute atomic E-state index is 14.6. The number of esters is 1. The first-order valence-corrected chi connectivity index (χ1v) is 32.7. The minimum absolute atomic E-state index is 0.0409. The number of hydrogen-bond donors (Lipinski definition) is 13. The van der Waals surface area contributed by atoms with Crippen LogP contribution in [0.3, 0.4) is 0 Å². The predicted octanol–water partition coefficient (Wildman–Crippen LogP) is 4.88. The highest BCUT2D eigenvalue weighted by Crippen LogP contribution is 2.30. The molecule has 5 aromatic carbocycles. The van der Waals surface area contributed by atoms with Crippen LogP contribution in [0.25, 0.3) is 0 Å². The van der Waals surface area contributed by atoms with Gasteiger partial charge in [-0.2, -0.15) is 8.78 Å². The zero-order valence-electron chi connectivity index (χ0n) is 56.7. The van der Waals surface area contributed by atoms with Crippen LogP contribution in [0.15, 0.2) is 115 Å². The normalized spacial score (nSPS) is 13.9. The maximum atomic E-state index is 14.6. The van der Waals surface area contributed by atoms with Crippen molar-refractivity contribution in [2.75, 3.05) is 43.5 Å². The zero-order chi connectivity index (χ0) is 74.7. The summed E-state index contributed by atoms with van der Waals surface area (Å²) in [6.45, 7) is 6.76. The summed E-state index contributed by atoms with van der Waals surface area (Å²) in [6, 6.07) is 20.9. The van der Waals surface area contributed by atoms with Crippen molar-refractivity contribution >= 4 is 82.6 Å². The second kappa shape index (κ2) is 38.4. The fourth-order valence-electron chi connectivity index (χ4n) is 10.6. The smallest absolute Gasteiger partial charge is 0.334 e. The Balaban J connectivity index is 0.980. The molecule has 1 aliphatic heterocycles. The molecule has 15 N–H and O–H groups in total. The standard InChI is InChI=1S/C70H85F4N13O15/c1-69(2,86-55(89)23-14-33-100-46-26-24-44(25-27-46)80-63(95)51(39-57(91)92)83-56(90)40-79-61(93)43-19-11-20-45(37-43)81-67(75)76)30-34-101-70(3,4)29-28-54(88)82-50(35-41-15-7-5-8-16-41)64(96)84-49(21-12-31-78-68(77)99)62(94)85-52(36-42-17-9-6-10-18-42)65(97)87-32-13-22-53(87)66(98)102-60-58(73)47(71)38-48(72)59(60)74/h5-11,15-20,24-27,37-38,49-53H,12-14,21-23,28-36,39-40H2,1-4H3,(H,79,93)(H,80,95)(H,82,88)(H,83,90)(H,84,96)(H,85,94)(H,86,89)(H,91,92)(H4,75,76,81)(H3,77,78,99)/t49-,50-,51-,52-,53-/m0/s1. The molecule has 0 aromatic heterocycles. The first-order valence-electron chi connectivity index (χ1n) is 32.7. The van der Waals surface area contributed by atoms with Gasteiger partial charge in [-0.1, -0.05) is 66.7 Å². The van der Waals surface area contributed by atoms with E-state index in [0.29, 0.717) is 35.4 Å². The van der Waals surface area contributed by atoms with Gasteiger partial charge in [-0.15, -0.1) is 0 Å². The van der Waals surface area contributed by atoms with E-state index in [-0.39, 0.29) is 113 Å². The summed E-state index contributed by atoms with van der Waals surface area (Å²) in [4.78, 5) is 147. The first-order chi connectivity index (χ1) is 48.3. The van der Waals surface area contributed by atoms with Crippen molar-refractivity contribution in [3.8, 4) is 11.5 Å². The number of ether oxygens (including phenoxy) is 3. The number of guanidine groups is 1. The number of halogens is 4. The summed E-state index contributed by atoms with van der Waals surface area (Å²) in [7, 11) is 0. The lowest BCUT2D eigenvalue weighted by molar-refractivity contribution is -0.148. The molecule has 10 amide bonds. The third-order valence-corrected chi connectivity index (χ3v) is 15.9. The monoisotopic (exact) mass is 1420 g/mol. The number of carbonyl (C=O) groups is 11. The van der Waals surface area contributed by atoms with Crippen molar-refractivity contribution in [1.29, 1.82) is 5.41 Å². The van der Waals surface area contributed by atoms with E-state index in [1.807, 2.05) is 13.8 Å². The number of amides is 10. The van der Waals surface area contributed by atoms with Crippen molar-refractivity contribution in [1.82, 2.24) is 42.1 Å². The Hall–Kier alpha value is -11.2. The van der Waals surface area contributed by atoms with Gasteiger partial charge in [0.1, 0.15) is 36.0 Å². The fraction of sp³-hybridized carbons (Fsp3) is 0.400. The third kappa shape index (κ3) is 26.5. The van der Waals surface area contributed by atoms with Gasteiger partial charge in [-0.25, -0.2) is 18.4 Å². The number of primary amides is 1.